The van der Waals surface area contributed by atoms with Crippen molar-refractivity contribution < 1.29 is 9.53 Å². The van der Waals surface area contributed by atoms with Crippen molar-refractivity contribution in [3.63, 3.8) is 0 Å². The van der Waals surface area contributed by atoms with Crippen LogP contribution in [0.4, 0.5) is 0 Å². The number of carbonyl (C=O) groups excluding carboxylic acids is 1. The Bertz CT molecular complexity index is 543. The van der Waals surface area contributed by atoms with E-state index in [1.54, 1.807) is 25.8 Å². The lowest BCUT2D eigenvalue weighted by Crippen LogP contribution is -2.37. The third kappa shape index (κ3) is 15.5. The predicted octanol–water partition coefficient (Wildman–Crippen LogP) is 5.85. The van der Waals surface area contributed by atoms with Gasteiger partial charge in [0, 0.05) is 24.3 Å². The van der Waals surface area contributed by atoms with E-state index in [0.717, 1.165) is 42.9 Å². The van der Waals surface area contributed by atoms with E-state index in [4.69, 9.17) is 4.74 Å². The van der Waals surface area contributed by atoms with E-state index in [0.29, 0.717) is 6.61 Å². The molecule has 0 heterocycles. The average Bonchev–Trinajstić information content (AvgIpc) is 2.57. The minimum atomic E-state index is -0.197. The number of methoxy groups -OCH3 is 1. The molecule has 1 atom stereocenters. The summed E-state index contributed by atoms with van der Waals surface area (Å²) in [5.74, 6) is 1.80. The number of ether oxygens (including phenoxy) is 1. The number of thioether (sulfide) groups is 1. The first-order chi connectivity index (χ1) is 12.8. The van der Waals surface area contributed by atoms with E-state index in [2.05, 4.69) is 57.8 Å². The van der Waals surface area contributed by atoms with Gasteiger partial charge in [-0.1, -0.05) is 41.5 Å². The van der Waals surface area contributed by atoms with Gasteiger partial charge in [-0.15, -0.1) is 0 Å². The van der Waals surface area contributed by atoms with Crippen LogP contribution in [0.15, 0.2) is 47.2 Å². The molecule has 4 heteroatoms. The smallest absolute Gasteiger partial charge is 0.152 e. The lowest BCUT2D eigenvalue weighted by atomic mass is 10.1. The van der Waals surface area contributed by atoms with Crippen molar-refractivity contribution in [1.29, 1.82) is 0 Å². The summed E-state index contributed by atoms with van der Waals surface area (Å²) in [6.07, 6.45) is 11.4. The lowest BCUT2D eigenvalue weighted by molar-refractivity contribution is -0.118. The second-order valence-electron chi connectivity index (χ2n) is 7.34. The van der Waals surface area contributed by atoms with Crippen molar-refractivity contribution in [2.45, 2.75) is 66.3 Å². The van der Waals surface area contributed by atoms with Crippen LogP contribution in [0.5, 0.6) is 0 Å². The van der Waals surface area contributed by atoms with Crippen molar-refractivity contribution in [2.24, 2.45) is 0 Å². The Balaban J connectivity index is 4.14. The monoisotopic (exact) mass is 393 g/mol. The Morgan fingerprint density at radius 3 is 2.19 bits per heavy atom. The molecule has 27 heavy (non-hydrogen) atoms. The molecule has 0 fully saturated rings. The van der Waals surface area contributed by atoms with Gasteiger partial charge in [0.1, 0.15) is 0 Å². The first-order valence-corrected chi connectivity index (χ1v) is 10.9. The maximum Gasteiger partial charge on any atom is 0.152 e. The van der Waals surface area contributed by atoms with Crippen molar-refractivity contribution in [1.82, 2.24) is 5.32 Å². The number of rotatable bonds is 15. The number of hydrogen-bond acceptors (Lipinski definition) is 4. The molecule has 0 rings (SSSR count). The molecule has 0 amide bonds. The number of allylic oxidation sites excluding steroid dienone is 5. The number of ketones is 1. The van der Waals surface area contributed by atoms with Crippen molar-refractivity contribution in [2.75, 3.05) is 25.2 Å². The Hall–Kier alpha value is -1.26. The highest BCUT2D eigenvalue weighted by atomic mass is 32.2. The number of hydrogen-bond donors (Lipinski definition) is 1. The van der Waals surface area contributed by atoms with Crippen LogP contribution in [0.3, 0.4) is 0 Å². The van der Waals surface area contributed by atoms with E-state index in [1.807, 2.05) is 0 Å². The van der Waals surface area contributed by atoms with E-state index in [-0.39, 0.29) is 11.8 Å². The average molecular weight is 394 g/mol. The summed E-state index contributed by atoms with van der Waals surface area (Å²) in [6.45, 7) is 14.6. The van der Waals surface area contributed by atoms with Crippen molar-refractivity contribution in [3.8, 4) is 0 Å². The van der Waals surface area contributed by atoms with Gasteiger partial charge in [0.2, 0.25) is 0 Å². The quantitative estimate of drug-likeness (QED) is 0.280. The Labute approximate surface area is 171 Å². The Morgan fingerprint density at radius 1 is 1.04 bits per heavy atom. The highest BCUT2D eigenvalue weighted by molar-refractivity contribution is 7.99. The molecule has 0 aliphatic carbocycles. The van der Waals surface area contributed by atoms with E-state index >= 15 is 0 Å². The second-order valence-corrected chi connectivity index (χ2v) is 8.42. The van der Waals surface area contributed by atoms with Gasteiger partial charge in [-0.2, -0.15) is 11.8 Å². The van der Waals surface area contributed by atoms with E-state index in [9.17, 15) is 4.79 Å². The van der Waals surface area contributed by atoms with Crippen LogP contribution in [0.1, 0.15) is 60.3 Å². The molecule has 0 radical (unpaired) electrons. The maximum atomic E-state index is 11.7. The first-order valence-electron chi connectivity index (χ1n) is 9.72. The molecule has 0 saturated heterocycles. The van der Waals surface area contributed by atoms with Crippen LogP contribution in [0, 0.1) is 0 Å². The van der Waals surface area contributed by atoms with Gasteiger partial charge < -0.3 is 10.1 Å². The second kappa shape index (κ2) is 15.8. The predicted molar refractivity (Wildman–Crippen MR) is 121 cm³/mol. The van der Waals surface area contributed by atoms with Crippen LogP contribution in [-0.2, 0) is 9.53 Å². The molecule has 154 valence electrons. The molecule has 0 aliphatic rings. The van der Waals surface area contributed by atoms with Crippen LogP contribution in [0.2, 0.25) is 0 Å². The summed E-state index contributed by atoms with van der Waals surface area (Å²) in [5.41, 5.74) is 5.02. The summed E-state index contributed by atoms with van der Waals surface area (Å²) in [4.78, 5) is 11.7. The molecule has 0 aliphatic heterocycles. The molecule has 0 saturated carbocycles. The largest absolute Gasteiger partial charge is 0.379 e. The minimum Gasteiger partial charge on any atom is -0.379 e. The zero-order chi connectivity index (χ0) is 20.7. The normalized spacial score (nSPS) is 13.3. The Kier molecular flexibility index (Phi) is 15.0. The first kappa shape index (κ1) is 25.7. The van der Waals surface area contributed by atoms with E-state index < -0.39 is 0 Å². The number of carbonyl (C=O) groups is 1. The third-order valence-electron chi connectivity index (χ3n) is 4.14. The van der Waals surface area contributed by atoms with Crippen LogP contribution >= 0.6 is 11.8 Å². The van der Waals surface area contributed by atoms with Gasteiger partial charge in [0.15, 0.2) is 5.78 Å². The van der Waals surface area contributed by atoms with Crippen LogP contribution < -0.4 is 5.32 Å². The summed E-state index contributed by atoms with van der Waals surface area (Å²) in [6, 6.07) is -0.197. The van der Waals surface area contributed by atoms with Gasteiger partial charge in [-0.3, -0.25) is 4.79 Å². The molecule has 3 nitrogen and oxygen atoms in total. The van der Waals surface area contributed by atoms with Crippen molar-refractivity contribution in [3.05, 3.63) is 47.2 Å². The zero-order valence-electron chi connectivity index (χ0n) is 18.2. The summed E-state index contributed by atoms with van der Waals surface area (Å²) >= 11 is 1.77. The number of Topliss-reactive ketones (excluding diaryl/α,β-unsaturated/α-hetero) is 1. The molecule has 1 unspecified atom stereocenters. The van der Waals surface area contributed by atoms with E-state index in [1.165, 1.54) is 16.7 Å². The van der Waals surface area contributed by atoms with Gasteiger partial charge in [0.25, 0.3) is 0 Å². The molecular weight excluding hydrogens is 354 g/mol. The third-order valence-corrected chi connectivity index (χ3v) is 5.12. The summed E-state index contributed by atoms with van der Waals surface area (Å²) < 4.78 is 5.03. The molecule has 1 N–H and O–H groups in total. The fourth-order valence-electron chi connectivity index (χ4n) is 2.45. The fourth-order valence-corrected chi connectivity index (χ4v) is 3.54. The van der Waals surface area contributed by atoms with Gasteiger partial charge in [-0.05, 0) is 60.3 Å². The van der Waals surface area contributed by atoms with Crippen LogP contribution in [-0.4, -0.2) is 37.0 Å². The lowest BCUT2D eigenvalue weighted by Gasteiger charge is -2.17. The molecule has 0 spiro atoms. The topological polar surface area (TPSA) is 38.3 Å². The highest BCUT2D eigenvalue weighted by Gasteiger charge is 2.13. The minimum absolute atomic E-state index is 0.133. The van der Waals surface area contributed by atoms with Gasteiger partial charge in [-0.25, -0.2) is 0 Å². The molecule has 0 aromatic carbocycles. The SMILES string of the molecule is C=C(COC)NC(CSC/C=C(\C)CC/C=C(\C)CCC=C(C)C)C(C)=O. The molecular formula is C23H39NO2S. The van der Waals surface area contributed by atoms with Crippen LogP contribution in [0.25, 0.3) is 0 Å². The maximum absolute atomic E-state index is 11.7. The Morgan fingerprint density at radius 2 is 1.63 bits per heavy atom. The molecule has 0 bridgehead atoms. The van der Waals surface area contributed by atoms with Gasteiger partial charge >= 0.3 is 0 Å². The van der Waals surface area contributed by atoms with Crippen molar-refractivity contribution >= 4 is 17.5 Å². The highest BCUT2D eigenvalue weighted by Crippen LogP contribution is 2.13. The number of nitrogens with one attached hydrogen (secondary N) is 1. The summed E-state index contributed by atoms with van der Waals surface area (Å²) in [7, 11) is 1.62. The standard InChI is InChI=1S/C23H39NO2S/c1-18(2)10-8-11-19(3)12-9-13-20(4)14-15-27-17-23(22(6)25)24-21(5)16-26-7/h10,12,14,23-24H,5,8-9,11,13,15-17H2,1-4,6-7H3/b19-12+,20-14+. The molecule has 0 aromatic heterocycles. The fraction of sp³-hybridized carbons (Fsp3) is 0.609. The molecule has 0 aromatic rings. The van der Waals surface area contributed by atoms with Gasteiger partial charge in [0.05, 0.1) is 12.6 Å². The zero-order valence-corrected chi connectivity index (χ0v) is 19.0. The summed E-state index contributed by atoms with van der Waals surface area (Å²) in [5, 5.41) is 3.15.